The maximum Gasteiger partial charge on any atom is 0.233 e. The van der Waals surface area contributed by atoms with Crippen molar-refractivity contribution in [3.8, 4) is 22.9 Å². The summed E-state index contributed by atoms with van der Waals surface area (Å²) in [5.41, 5.74) is 1.36. The van der Waals surface area contributed by atoms with E-state index < -0.39 is 0 Å². The zero-order chi connectivity index (χ0) is 24.9. The molecule has 1 fully saturated rings. The minimum Gasteiger partial charge on any atom is -0.497 e. The number of thioether (sulfide) groups is 1. The first-order valence-electron chi connectivity index (χ1n) is 11.7. The van der Waals surface area contributed by atoms with Crippen LogP contribution in [0.3, 0.4) is 0 Å². The maximum absolute atomic E-state index is 14.5. The number of carbonyl (C=O) groups is 1. The van der Waals surface area contributed by atoms with Crippen LogP contribution in [-0.4, -0.2) is 52.1 Å². The second kappa shape index (κ2) is 11.1. The average molecular weight is 499 g/mol. The Labute approximate surface area is 209 Å². The molecule has 7 nitrogen and oxygen atoms in total. The van der Waals surface area contributed by atoms with Crippen molar-refractivity contribution in [2.24, 2.45) is 5.92 Å². The van der Waals surface area contributed by atoms with E-state index in [1.165, 1.54) is 17.8 Å². The van der Waals surface area contributed by atoms with Gasteiger partial charge in [0.1, 0.15) is 17.3 Å². The zero-order valence-corrected chi connectivity index (χ0v) is 21.3. The van der Waals surface area contributed by atoms with Crippen LogP contribution >= 0.6 is 11.8 Å². The molecule has 2 aromatic carbocycles. The number of aromatic nitrogens is 3. The Balaban J connectivity index is 1.54. The molecule has 1 saturated heterocycles. The van der Waals surface area contributed by atoms with E-state index in [2.05, 4.69) is 24.0 Å². The van der Waals surface area contributed by atoms with Crippen LogP contribution in [0.4, 0.5) is 4.39 Å². The molecule has 1 aliphatic rings. The van der Waals surface area contributed by atoms with E-state index in [0.29, 0.717) is 35.6 Å². The van der Waals surface area contributed by atoms with Crippen LogP contribution in [0.1, 0.15) is 38.3 Å². The maximum atomic E-state index is 14.5. The van der Waals surface area contributed by atoms with Gasteiger partial charge >= 0.3 is 0 Å². The van der Waals surface area contributed by atoms with Crippen LogP contribution in [0.25, 0.3) is 11.4 Å². The number of rotatable bonds is 9. The lowest BCUT2D eigenvalue weighted by atomic mass is 10.0. The number of halogens is 1. The first kappa shape index (κ1) is 25.0. The summed E-state index contributed by atoms with van der Waals surface area (Å²) in [5.74, 6) is 2.16. The van der Waals surface area contributed by atoms with Crippen molar-refractivity contribution in [2.75, 3.05) is 26.5 Å². The normalized spacial score (nSPS) is 15.6. The summed E-state index contributed by atoms with van der Waals surface area (Å²) >= 11 is 1.34. The van der Waals surface area contributed by atoms with E-state index in [4.69, 9.17) is 9.47 Å². The van der Waals surface area contributed by atoms with Crippen LogP contribution < -0.4 is 9.47 Å². The van der Waals surface area contributed by atoms with Gasteiger partial charge in [0, 0.05) is 18.7 Å². The van der Waals surface area contributed by atoms with Crippen molar-refractivity contribution in [1.82, 2.24) is 19.7 Å². The molecule has 4 rings (SSSR count). The van der Waals surface area contributed by atoms with Crippen molar-refractivity contribution in [1.29, 1.82) is 0 Å². The average Bonchev–Trinajstić information content (AvgIpc) is 3.49. The molecule has 1 aromatic heterocycles. The summed E-state index contributed by atoms with van der Waals surface area (Å²) < 4.78 is 27.4. The first-order chi connectivity index (χ1) is 16.9. The Morgan fingerprint density at radius 1 is 1.17 bits per heavy atom. The molecule has 0 saturated carbocycles. The summed E-state index contributed by atoms with van der Waals surface area (Å²) in [7, 11) is 3.26. The molecule has 0 bridgehead atoms. The highest BCUT2D eigenvalue weighted by Gasteiger charge is 2.32. The minimum atomic E-state index is -0.343. The Morgan fingerprint density at radius 2 is 1.97 bits per heavy atom. The van der Waals surface area contributed by atoms with Gasteiger partial charge in [-0.25, -0.2) is 4.39 Å². The summed E-state index contributed by atoms with van der Waals surface area (Å²) in [4.78, 5) is 15.2. The molecule has 0 radical (unpaired) electrons. The van der Waals surface area contributed by atoms with Crippen molar-refractivity contribution >= 4 is 17.7 Å². The lowest BCUT2D eigenvalue weighted by Crippen LogP contribution is -2.32. The fourth-order valence-corrected chi connectivity index (χ4v) is 5.30. The third-order valence-electron chi connectivity index (χ3n) is 6.07. The number of nitrogens with zero attached hydrogens (tertiary/aromatic N) is 4. The highest BCUT2D eigenvalue weighted by atomic mass is 32.2. The Kier molecular flexibility index (Phi) is 7.95. The molecular weight excluding hydrogens is 467 g/mol. The van der Waals surface area contributed by atoms with Crippen molar-refractivity contribution in [3.63, 3.8) is 0 Å². The molecule has 1 unspecified atom stereocenters. The highest BCUT2D eigenvalue weighted by molar-refractivity contribution is 7.99. The van der Waals surface area contributed by atoms with Crippen molar-refractivity contribution in [2.45, 2.75) is 44.4 Å². The van der Waals surface area contributed by atoms with E-state index >= 15 is 0 Å². The van der Waals surface area contributed by atoms with Gasteiger partial charge in [-0.1, -0.05) is 37.7 Å². The fraction of sp³-hybridized carbons (Fsp3) is 0.423. The molecule has 0 aliphatic carbocycles. The summed E-state index contributed by atoms with van der Waals surface area (Å²) in [6.45, 7) is 5.48. The summed E-state index contributed by atoms with van der Waals surface area (Å²) in [6, 6.07) is 12.2. The van der Waals surface area contributed by atoms with Crippen LogP contribution in [-0.2, 0) is 11.3 Å². The Hall–Kier alpha value is -3.07. The molecule has 9 heteroatoms. The molecule has 3 aromatic rings. The van der Waals surface area contributed by atoms with Crippen LogP contribution in [0, 0.1) is 11.7 Å². The van der Waals surface area contributed by atoms with E-state index in [-0.39, 0.29) is 23.5 Å². The molecule has 0 N–H and O–H groups in total. The SMILES string of the molecule is COc1ccc(OC)c(C2CCCN2C(=O)CSc2nnc(-c3ccccc3F)n2CC(C)C)c1. The number of methoxy groups -OCH3 is 2. The number of carbonyl (C=O) groups excluding carboxylic acids is 1. The number of hydrogen-bond donors (Lipinski definition) is 0. The number of likely N-dealkylation sites (tertiary alicyclic amines) is 1. The van der Waals surface area contributed by atoms with Gasteiger partial charge in [0.05, 0.1) is 31.6 Å². The van der Waals surface area contributed by atoms with Crippen molar-refractivity contribution < 1.29 is 18.7 Å². The van der Waals surface area contributed by atoms with Gasteiger partial charge in [0.15, 0.2) is 11.0 Å². The zero-order valence-electron chi connectivity index (χ0n) is 20.5. The number of hydrogen-bond acceptors (Lipinski definition) is 6. The number of amides is 1. The van der Waals surface area contributed by atoms with Gasteiger partial charge < -0.3 is 18.9 Å². The predicted molar refractivity (Wildman–Crippen MR) is 134 cm³/mol. The van der Waals surface area contributed by atoms with E-state index in [0.717, 1.165) is 29.9 Å². The highest BCUT2D eigenvalue weighted by Crippen LogP contribution is 2.39. The van der Waals surface area contributed by atoms with E-state index in [1.807, 2.05) is 27.7 Å². The molecule has 0 spiro atoms. The quantitative estimate of drug-likeness (QED) is 0.377. The smallest absolute Gasteiger partial charge is 0.233 e. The number of benzene rings is 2. The molecule has 2 heterocycles. The Morgan fingerprint density at radius 3 is 2.69 bits per heavy atom. The molecule has 1 amide bonds. The van der Waals surface area contributed by atoms with Gasteiger partial charge in [-0.05, 0) is 49.1 Å². The van der Waals surface area contributed by atoms with Gasteiger partial charge in [-0.15, -0.1) is 10.2 Å². The van der Waals surface area contributed by atoms with E-state index in [1.54, 1.807) is 32.4 Å². The minimum absolute atomic E-state index is 0.0221. The van der Waals surface area contributed by atoms with Gasteiger partial charge in [0.25, 0.3) is 0 Å². The lowest BCUT2D eigenvalue weighted by Gasteiger charge is -2.26. The second-order valence-electron chi connectivity index (χ2n) is 8.93. The fourth-order valence-electron chi connectivity index (χ4n) is 4.46. The molecule has 35 heavy (non-hydrogen) atoms. The first-order valence-corrected chi connectivity index (χ1v) is 12.7. The monoisotopic (exact) mass is 498 g/mol. The van der Waals surface area contributed by atoms with Gasteiger partial charge in [0.2, 0.25) is 5.91 Å². The molecule has 186 valence electrons. The third-order valence-corrected chi connectivity index (χ3v) is 7.02. The van der Waals surface area contributed by atoms with E-state index in [9.17, 15) is 9.18 Å². The third kappa shape index (κ3) is 5.45. The molecule has 1 aliphatic heterocycles. The van der Waals surface area contributed by atoms with Crippen LogP contribution in [0.5, 0.6) is 11.5 Å². The van der Waals surface area contributed by atoms with Crippen LogP contribution in [0.15, 0.2) is 47.6 Å². The van der Waals surface area contributed by atoms with Crippen molar-refractivity contribution in [3.05, 3.63) is 53.8 Å². The molecular formula is C26H31FN4O3S. The standard InChI is InChI=1S/C26H31FN4O3S/c1-17(2)15-31-25(19-8-5-6-9-21(19)27)28-29-26(31)35-16-24(32)30-13-7-10-22(30)20-14-18(33-3)11-12-23(20)34-4/h5-6,8-9,11-12,14,17,22H,7,10,13,15-16H2,1-4H3. The van der Waals surface area contributed by atoms with Gasteiger partial charge in [-0.3, -0.25) is 4.79 Å². The van der Waals surface area contributed by atoms with Gasteiger partial charge in [-0.2, -0.15) is 0 Å². The Bertz CT molecular complexity index is 1180. The summed E-state index contributed by atoms with van der Waals surface area (Å²) in [6.07, 6.45) is 1.78. The largest absolute Gasteiger partial charge is 0.497 e. The van der Waals surface area contributed by atoms with Crippen LogP contribution in [0.2, 0.25) is 0 Å². The molecule has 1 atom stereocenters. The number of ether oxygens (including phenoxy) is 2. The topological polar surface area (TPSA) is 69.5 Å². The predicted octanol–water partition coefficient (Wildman–Crippen LogP) is 5.21. The second-order valence-corrected chi connectivity index (χ2v) is 9.87. The lowest BCUT2D eigenvalue weighted by molar-refractivity contribution is -0.129. The summed E-state index contributed by atoms with van der Waals surface area (Å²) in [5, 5.41) is 9.20.